The van der Waals surface area contributed by atoms with Gasteiger partial charge in [0.15, 0.2) is 0 Å². The van der Waals surface area contributed by atoms with Crippen molar-refractivity contribution in [2.75, 3.05) is 16.8 Å². The average molecular weight is 413 g/mol. The van der Waals surface area contributed by atoms with Gasteiger partial charge in [-0.1, -0.05) is 6.07 Å². The topological polar surface area (TPSA) is 95.6 Å². The van der Waals surface area contributed by atoms with Crippen molar-refractivity contribution in [1.82, 2.24) is 4.72 Å². The third-order valence-electron chi connectivity index (χ3n) is 5.07. The van der Waals surface area contributed by atoms with Gasteiger partial charge in [-0.25, -0.2) is 13.1 Å². The Hall–Kier alpha value is -2.71. The van der Waals surface area contributed by atoms with Crippen molar-refractivity contribution in [1.29, 1.82) is 0 Å². The maximum absolute atomic E-state index is 12.6. The van der Waals surface area contributed by atoms with Gasteiger partial charge in [-0.3, -0.25) is 9.59 Å². The summed E-state index contributed by atoms with van der Waals surface area (Å²) in [5, 5.41) is 2.81. The Bertz CT molecular complexity index is 1030. The van der Waals surface area contributed by atoms with Crippen LogP contribution in [0.15, 0.2) is 53.4 Å². The third kappa shape index (κ3) is 4.65. The largest absolute Gasteiger partial charge is 0.322 e. The second-order valence-electron chi connectivity index (χ2n) is 7.43. The molecular formula is C21H23N3O4S. The third-order valence-corrected chi connectivity index (χ3v) is 6.60. The Morgan fingerprint density at radius 2 is 1.79 bits per heavy atom. The first kappa shape index (κ1) is 19.6. The van der Waals surface area contributed by atoms with Crippen molar-refractivity contribution in [2.24, 2.45) is 0 Å². The van der Waals surface area contributed by atoms with Crippen LogP contribution in [0.2, 0.25) is 0 Å². The molecule has 0 atom stereocenters. The van der Waals surface area contributed by atoms with Crippen LogP contribution < -0.4 is 14.9 Å². The van der Waals surface area contributed by atoms with Crippen molar-refractivity contribution in [3.63, 3.8) is 0 Å². The summed E-state index contributed by atoms with van der Waals surface area (Å²) in [4.78, 5) is 26.6. The van der Waals surface area contributed by atoms with E-state index in [4.69, 9.17) is 0 Å². The number of piperidine rings is 1. The minimum Gasteiger partial charge on any atom is -0.322 e. The van der Waals surface area contributed by atoms with E-state index in [9.17, 15) is 18.0 Å². The highest BCUT2D eigenvalue weighted by Crippen LogP contribution is 2.25. The standard InChI is InChI=1S/C21H23N3O4S/c25-20-6-1-2-13-24(20)18-5-3-4-17(14-18)22-21(26)15-7-11-19(12-8-15)29(27,28)23-16-9-10-16/h3-5,7-8,11-12,14,16,23H,1-2,6,9-10,13H2,(H,22,26). The van der Waals surface area contributed by atoms with E-state index in [2.05, 4.69) is 10.0 Å². The van der Waals surface area contributed by atoms with E-state index >= 15 is 0 Å². The van der Waals surface area contributed by atoms with Crippen molar-refractivity contribution in [2.45, 2.75) is 43.0 Å². The molecule has 29 heavy (non-hydrogen) atoms. The minimum atomic E-state index is -3.54. The van der Waals surface area contributed by atoms with Crippen LogP contribution in [0.25, 0.3) is 0 Å². The molecule has 1 aliphatic heterocycles. The van der Waals surface area contributed by atoms with Crippen molar-refractivity contribution >= 4 is 33.2 Å². The molecular weight excluding hydrogens is 390 g/mol. The number of hydrogen-bond acceptors (Lipinski definition) is 4. The normalized spacial score (nSPS) is 17.2. The Labute approximate surface area is 170 Å². The maximum Gasteiger partial charge on any atom is 0.255 e. The van der Waals surface area contributed by atoms with Gasteiger partial charge in [-0.15, -0.1) is 0 Å². The number of sulfonamides is 1. The average Bonchev–Trinajstić information content (AvgIpc) is 3.52. The zero-order chi connectivity index (χ0) is 20.4. The molecule has 152 valence electrons. The van der Waals surface area contributed by atoms with Gasteiger partial charge in [0.1, 0.15) is 0 Å². The number of anilines is 2. The molecule has 2 fully saturated rings. The molecule has 0 radical (unpaired) electrons. The van der Waals surface area contributed by atoms with Gasteiger partial charge in [-0.2, -0.15) is 0 Å². The van der Waals surface area contributed by atoms with Crippen LogP contribution in [0.5, 0.6) is 0 Å². The minimum absolute atomic E-state index is 0.0297. The molecule has 7 nitrogen and oxygen atoms in total. The molecule has 2 aromatic rings. The van der Waals surface area contributed by atoms with E-state index in [0.29, 0.717) is 24.2 Å². The van der Waals surface area contributed by atoms with E-state index < -0.39 is 10.0 Å². The molecule has 0 aromatic heterocycles. The van der Waals surface area contributed by atoms with Crippen LogP contribution in [-0.2, 0) is 14.8 Å². The summed E-state index contributed by atoms with van der Waals surface area (Å²) in [5.41, 5.74) is 1.70. The van der Waals surface area contributed by atoms with Crippen LogP contribution in [0.3, 0.4) is 0 Å². The number of amides is 2. The number of benzene rings is 2. The van der Waals surface area contributed by atoms with E-state index in [1.807, 2.05) is 6.07 Å². The van der Waals surface area contributed by atoms with Crippen molar-refractivity contribution in [3.8, 4) is 0 Å². The fourth-order valence-electron chi connectivity index (χ4n) is 3.31. The highest BCUT2D eigenvalue weighted by Gasteiger charge is 2.28. The summed E-state index contributed by atoms with van der Waals surface area (Å²) in [6, 6.07) is 13.1. The summed E-state index contributed by atoms with van der Waals surface area (Å²) in [6.45, 7) is 0.682. The zero-order valence-electron chi connectivity index (χ0n) is 15.9. The lowest BCUT2D eigenvalue weighted by Crippen LogP contribution is -2.35. The first-order chi connectivity index (χ1) is 13.9. The predicted molar refractivity (Wildman–Crippen MR) is 110 cm³/mol. The van der Waals surface area contributed by atoms with Crippen LogP contribution in [0.1, 0.15) is 42.5 Å². The molecule has 2 aliphatic rings. The molecule has 8 heteroatoms. The van der Waals surface area contributed by atoms with Gasteiger partial charge in [0.25, 0.3) is 5.91 Å². The van der Waals surface area contributed by atoms with Crippen molar-refractivity contribution < 1.29 is 18.0 Å². The number of hydrogen-bond donors (Lipinski definition) is 2. The molecule has 1 saturated heterocycles. The monoisotopic (exact) mass is 413 g/mol. The molecule has 2 aromatic carbocycles. The lowest BCUT2D eigenvalue weighted by molar-refractivity contribution is -0.119. The molecule has 0 spiro atoms. The van der Waals surface area contributed by atoms with Crippen molar-refractivity contribution in [3.05, 3.63) is 54.1 Å². The predicted octanol–water partition coefficient (Wildman–Crippen LogP) is 2.90. The fourth-order valence-corrected chi connectivity index (χ4v) is 4.61. The molecule has 1 heterocycles. The van der Waals surface area contributed by atoms with Gasteiger partial charge < -0.3 is 10.2 Å². The first-order valence-corrected chi connectivity index (χ1v) is 11.2. The molecule has 0 unspecified atom stereocenters. The summed E-state index contributed by atoms with van der Waals surface area (Å²) >= 11 is 0. The molecule has 4 rings (SSSR count). The number of nitrogens with zero attached hydrogens (tertiary/aromatic N) is 1. The smallest absolute Gasteiger partial charge is 0.255 e. The first-order valence-electron chi connectivity index (χ1n) is 9.76. The van der Waals surface area contributed by atoms with Gasteiger partial charge in [0.05, 0.1) is 4.90 Å². The van der Waals surface area contributed by atoms with Crippen LogP contribution in [0.4, 0.5) is 11.4 Å². The highest BCUT2D eigenvalue weighted by atomic mass is 32.2. The molecule has 0 bridgehead atoms. The van der Waals surface area contributed by atoms with Crippen LogP contribution in [0, 0.1) is 0 Å². The second-order valence-corrected chi connectivity index (χ2v) is 9.14. The highest BCUT2D eigenvalue weighted by molar-refractivity contribution is 7.89. The lowest BCUT2D eigenvalue weighted by Gasteiger charge is -2.27. The van der Waals surface area contributed by atoms with Crippen LogP contribution >= 0.6 is 0 Å². The van der Waals surface area contributed by atoms with E-state index in [-0.39, 0.29) is 22.8 Å². The zero-order valence-corrected chi connectivity index (χ0v) is 16.7. The molecule has 2 N–H and O–H groups in total. The Morgan fingerprint density at radius 1 is 1.03 bits per heavy atom. The summed E-state index contributed by atoms with van der Waals surface area (Å²) in [6.07, 6.45) is 4.14. The lowest BCUT2D eigenvalue weighted by atomic mass is 10.1. The Morgan fingerprint density at radius 3 is 2.48 bits per heavy atom. The van der Waals surface area contributed by atoms with Gasteiger partial charge in [-0.05, 0) is 68.1 Å². The summed E-state index contributed by atoms with van der Waals surface area (Å²) in [5.74, 6) is -0.248. The maximum atomic E-state index is 12.6. The summed E-state index contributed by atoms with van der Waals surface area (Å²) < 4.78 is 27.1. The second kappa shape index (κ2) is 7.96. The van der Waals surface area contributed by atoms with Gasteiger partial charge >= 0.3 is 0 Å². The number of carbonyl (C=O) groups is 2. The molecule has 2 amide bonds. The SMILES string of the molecule is O=C(Nc1cccc(N2CCCCC2=O)c1)c1ccc(S(=O)(=O)NC2CC2)cc1. The number of rotatable bonds is 6. The molecule has 1 saturated carbocycles. The summed E-state index contributed by atoms with van der Waals surface area (Å²) in [7, 11) is -3.54. The quantitative estimate of drug-likeness (QED) is 0.761. The van der Waals surface area contributed by atoms with E-state index in [1.54, 1.807) is 23.1 Å². The fraction of sp³-hybridized carbons (Fsp3) is 0.333. The molecule has 1 aliphatic carbocycles. The van der Waals surface area contributed by atoms with Gasteiger partial charge in [0, 0.05) is 35.9 Å². The number of carbonyl (C=O) groups excluding carboxylic acids is 2. The number of nitrogens with one attached hydrogen (secondary N) is 2. The van der Waals surface area contributed by atoms with Gasteiger partial charge in [0.2, 0.25) is 15.9 Å². The van der Waals surface area contributed by atoms with Crippen LogP contribution in [-0.4, -0.2) is 32.8 Å². The van der Waals surface area contributed by atoms with E-state index in [1.165, 1.54) is 24.3 Å². The Balaban J connectivity index is 1.45. The Kier molecular flexibility index (Phi) is 5.38. The van der Waals surface area contributed by atoms with E-state index in [0.717, 1.165) is 31.4 Å².